The van der Waals surface area contributed by atoms with E-state index in [1.54, 1.807) is 12.1 Å². The number of hydrogen-bond donors (Lipinski definition) is 2. The van der Waals surface area contributed by atoms with Crippen molar-refractivity contribution in [2.75, 3.05) is 14.2 Å². The van der Waals surface area contributed by atoms with Crippen molar-refractivity contribution in [3.63, 3.8) is 0 Å². The molecule has 6 heteroatoms. The van der Waals surface area contributed by atoms with Gasteiger partial charge in [-0.1, -0.05) is 15.9 Å². The van der Waals surface area contributed by atoms with Crippen molar-refractivity contribution >= 4 is 21.9 Å². The van der Waals surface area contributed by atoms with Gasteiger partial charge in [0.1, 0.15) is 0 Å². The second-order valence-electron chi connectivity index (χ2n) is 3.40. The molecule has 5 nitrogen and oxygen atoms in total. The number of hydrogen-bond acceptors (Lipinski definition) is 5. The van der Waals surface area contributed by atoms with Crippen LogP contribution in [0.5, 0.6) is 11.5 Å². The van der Waals surface area contributed by atoms with Crippen molar-refractivity contribution in [1.82, 2.24) is 0 Å². The smallest absolute Gasteiger partial charge is 0.307 e. The summed E-state index contributed by atoms with van der Waals surface area (Å²) in [5, 5.41) is 9.94. The Morgan fingerprint density at radius 3 is 2.71 bits per heavy atom. The molecule has 0 heterocycles. The van der Waals surface area contributed by atoms with Crippen LogP contribution < -0.4 is 10.5 Å². The molecule has 94 valence electrons. The molecule has 3 N–H and O–H groups in total. The van der Waals surface area contributed by atoms with E-state index in [-0.39, 0.29) is 12.2 Å². The minimum Gasteiger partial charge on any atom is -0.504 e. The number of phenols is 1. The summed E-state index contributed by atoms with van der Waals surface area (Å²) >= 11 is 3.28. The maximum Gasteiger partial charge on any atom is 0.307 e. The van der Waals surface area contributed by atoms with Gasteiger partial charge in [0.2, 0.25) is 0 Å². The number of esters is 1. The predicted molar refractivity (Wildman–Crippen MR) is 65.9 cm³/mol. The van der Waals surface area contributed by atoms with Gasteiger partial charge < -0.3 is 20.3 Å². The summed E-state index contributed by atoms with van der Waals surface area (Å²) in [4.78, 5) is 11.1. The Kier molecular flexibility index (Phi) is 4.77. The van der Waals surface area contributed by atoms with E-state index in [4.69, 9.17) is 10.5 Å². The molecule has 0 fully saturated rings. The van der Waals surface area contributed by atoms with Crippen molar-refractivity contribution in [3.05, 3.63) is 22.2 Å². The number of methoxy groups -OCH3 is 2. The average Bonchev–Trinajstić information content (AvgIpc) is 2.29. The lowest BCUT2D eigenvalue weighted by atomic mass is 10.0. The van der Waals surface area contributed by atoms with Gasteiger partial charge in [0, 0.05) is 16.1 Å². The molecule has 0 spiro atoms. The third-order valence-electron chi connectivity index (χ3n) is 2.33. The Bertz CT molecular complexity index is 422. The van der Waals surface area contributed by atoms with E-state index in [9.17, 15) is 9.90 Å². The Hall–Kier alpha value is -1.27. The Morgan fingerprint density at radius 2 is 2.18 bits per heavy atom. The fourth-order valence-corrected chi connectivity index (χ4v) is 2.06. The zero-order valence-corrected chi connectivity index (χ0v) is 11.2. The number of nitrogens with two attached hydrogens (primary N) is 1. The normalized spacial score (nSPS) is 12.0. The van der Waals surface area contributed by atoms with Crippen LogP contribution in [0.2, 0.25) is 0 Å². The highest BCUT2D eigenvalue weighted by atomic mass is 79.9. The van der Waals surface area contributed by atoms with Crippen LogP contribution in [-0.2, 0) is 9.53 Å². The van der Waals surface area contributed by atoms with Crippen molar-refractivity contribution in [2.45, 2.75) is 12.5 Å². The van der Waals surface area contributed by atoms with E-state index in [1.165, 1.54) is 14.2 Å². The molecule has 0 bridgehead atoms. The molecule has 0 aliphatic carbocycles. The van der Waals surface area contributed by atoms with E-state index in [0.29, 0.717) is 15.8 Å². The van der Waals surface area contributed by atoms with Gasteiger partial charge >= 0.3 is 5.97 Å². The van der Waals surface area contributed by atoms with Crippen molar-refractivity contribution in [1.29, 1.82) is 0 Å². The molecule has 0 amide bonds. The van der Waals surface area contributed by atoms with Crippen LogP contribution in [0.3, 0.4) is 0 Å². The second-order valence-corrected chi connectivity index (χ2v) is 4.25. The zero-order valence-electron chi connectivity index (χ0n) is 9.57. The molecule has 17 heavy (non-hydrogen) atoms. The van der Waals surface area contributed by atoms with Crippen LogP contribution in [0.1, 0.15) is 18.0 Å². The summed E-state index contributed by atoms with van der Waals surface area (Å²) in [5.74, 6) is -0.201. The number of phenolic OH excluding ortho intramolecular Hbond substituents is 1. The maximum absolute atomic E-state index is 11.1. The summed E-state index contributed by atoms with van der Waals surface area (Å²) in [6.07, 6.45) is -0.0180. The number of carbonyl (C=O) groups is 1. The number of halogens is 1. The summed E-state index contributed by atoms with van der Waals surface area (Å²) in [6, 6.07) is 2.64. The van der Waals surface area contributed by atoms with Crippen molar-refractivity contribution < 1.29 is 19.4 Å². The van der Waals surface area contributed by atoms with Gasteiger partial charge in [-0.05, 0) is 12.1 Å². The van der Waals surface area contributed by atoms with Crippen LogP contribution in [0, 0.1) is 0 Å². The lowest BCUT2D eigenvalue weighted by molar-refractivity contribution is -0.141. The quantitative estimate of drug-likeness (QED) is 0.828. The first-order valence-electron chi connectivity index (χ1n) is 4.89. The first-order valence-corrected chi connectivity index (χ1v) is 5.68. The minimum atomic E-state index is -0.660. The number of rotatable bonds is 4. The molecule has 0 saturated carbocycles. The van der Waals surface area contributed by atoms with Gasteiger partial charge in [-0.3, -0.25) is 4.79 Å². The molecular formula is C11H14BrNO4. The molecule has 0 aliphatic heterocycles. The van der Waals surface area contributed by atoms with E-state index in [2.05, 4.69) is 20.7 Å². The number of ether oxygens (including phenoxy) is 2. The molecule has 0 unspecified atom stereocenters. The van der Waals surface area contributed by atoms with E-state index in [1.807, 2.05) is 0 Å². The Labute approximate surface area is 108 Å². The highest BCUT2D eigenvalue weighted by Gasteiger charge is 2.20. The van der Waals surface area contributed by atoms with Crippen molar-refractivity contribution in [2.24, 2.45) is 5.73 Å². The Morgan fingerprint density at radius 1 is 1.53 bits per heavy atom. The number of benzene rings is 1. The summed E-state index contributed by atoms with van der Waals surface area (Å²) < 4.78 is 10.1. The van der Waals surface area contributed by atoms with Crippen LogP contribution in [0.15, 0.2) is 16.6 Å². The lowest BCUT2D eigenvalue weighted by Gasteiger charge is -2.16. The van der Waals surface area contributed by atoms with Crippen LogP contribution in [0.4, 0.5) is 0 Å². The molecule has 1 atom stereocenters. The summed E-state index contributed by atoms with van der Waals surface area (Å²) in [6.45, 7) is 0. The first-order chi connectivity index (χ1) is 8.01. The third-order valence-corrected chi connectivity index (χ3v) is 3.02. The summed E-state index contributed by atoms with van der Waals surface area (Å²) in [7, 11) is 2.73. The molecule has 1 rings (SSSR count). The molecule has 0 saturated heterocycles. The monoisotopic (exact) mass is 303 g/mol. The van der Waals surface area contributed by atoms with Gasteiger partial charge in [0.05, 0.1) is 20.6 Å². The highest BCUT2D eigenvalue weighted by Crippen LogP contribution is 2.39. The number of aromatic hydroxyl groups is 1. The number of carbonyl (C=O) groups excluding carboxylic acids is 1. The van der Waals surface area contributed by atoms with Crippen molar-refractivity contribution in [3.8, 4) is 11.5 Å². The van der Waals surface area contributed by atoms with E-state index >= 15 is 0 Å². The van der Waals surface area contributed by atoms with Crippen LogP contribution in [0.25, 0.3) is 0 Å². The first kappa shape index (κ1) is 13.8. The summed E-state index contributed by atoms with van der Waals surface area (Å²) in [5.41, 5.74) is 6.28. The molecular weight excluding hydrogens is 290 g/mol. The van der Waals surface area contributed by atoms with Gasteiger partial charge in [-0.15, -0.1) is 0 Å². The molecule has 0 aromatic heterocycles. The third kappa shape index (κ3) is 3.10. The highest BCUT2D eigenvalue weighted by molar-refractivity contribution is 9.10. The maximum atomic E-state index is 11.1. The van der Waals surface area contributed by atoms with Gasteiger partial charge in [-0.25, -0.2) is 0 Å². The Balaban J connectivity index is 3.07. The zero-order chi connectivity index (χ0) is 13.0. The van der Waals surface area contributed by atoms with Gasteiger partial charge in [0.15, 0.2) is 11.5 Å². The van der Waals surface area contributed by atoms with E-state index < -0.39 is 12.0 Å². The molecule has 1 aromatic rings. The molecule has 1 aromatic carbocycles. The predicted octanol–water partition coefficient (Wildman–Crippen LogP) is 1.73. The minimum absolute atomic E-state index is 0.0180. The standard InChI is InChI=1S/C11H14BrNO4/c1-16-8-4-3-6(12)10(11(8)15)7(13)5-9(14)17-2/h3-4,7,15H,5,13H2,1-2H3/t7-/m0/s1. The van der Waals surface area contributed by atoms with Crippen LogP contribution >= 0.6 is 15.9 Å². The van der Waals surface area contributed by atoms with Gasteiger partial charge in [0.25, 0.3) is 0 Å². The topological polar surface area (TPSA) is 81.8 Å². The van der Waals surface area contributed by atoms with Gasteiger partial charge in [-0.2, -0.15) is 0 Å². The SMILES string of the molecule is COC(=O)C[C@H](N)c1c(Br)ccc(OC)c1O. The second kappa shape index (κ2) is 5.88. The molecule has 0 aliphatic rings. The fraction of sp³-hybridized carbons (Fsp3) is 0.364. The lowest BCUT2D eigenvalue weighted by Crippen LogP contribution is -2.17. The average molecular weight is 304 g/mol. The largest absolute Gasteiger partial charge is 0.504 e. The van der Waals surface area contributed by atoms with Crippen LogP contribution in [-0.4, -0.2) is 25.3 Å². The fourth-order valence-electron chi connectivity index (χ4n) is 1.45. The van der Waals surface area contributed by atoms with E-state index in [0.717, 1.165) is 0 Å². The molecule has 0 radical (unpaired) electrons.